The van der Waals surface area contributed by atoms with Gasteiger partial charge in [0, 0.05) is 0 Å². The molecule has 0 bridgehead atoms. The van der Waals surface area contributed by atoms with E-state index in [1.54, 1.807) is 18.2 Å². The molecule has 0 aliphatic rings. The van der Waals surface area contributed by atoms with Gasteiger partial charge in [-0.15, -0.1) is 0 Å². The number of rotatable bonds is 2. The van der Waals surface area contributed by atoms with Gasteiger partial charge in [-0.2, -0.15) is 0 Å². The van der Waals surface area contributed by atoms with Crippen LogP contribution < -0.4 is 0 Å². The molecule has 1 heteroatoms. The van der Waals surface area contributed by atoms with Crippen LogP contribution in [0.25, 0.3) is 6.08 Å². The lowest BCUT2D eigenvalue weighted by atomic mass is 10.1. The molecule has 0 saturated carbocycles. The van der Waals surface area contributed by atoms with Crippen LogP contribution in [0.2, 0.25) is 0 Å². The lowest BCUT2D eigenvalue weighted by Gasteiger charge is -1.95. The summed E-state index contributed by atoms with van der Waals surface area (Å²) in [6.07, 6.45) is 3.80. The summed E-state index contributed by atoms with van der Waals surface area (Å²) in [6.45, 7) is 5.64. The third kappa shape index (κ3) is 2.27. The highest BCUT2D eigenvalue weighted by Crippen LogP contribution is 2.12. The van der Waals surface area contributed by atoms with Gasteiger partial charge in [0.05, 0.1) is 0 Å². The molecule has 0 aliphatic carbocycles. The monoisotopic (exact) mass is 160 g/mol. The molecule has 0 radical (unpaired) electrons. The van der Waals surface area contributed by atoms with Gasteiger partial charge in [0.25, 0.3) is 0 Å². The van der Waals surface area contributed by atoms with Crippen molar-refractivity contribution in [1.29, 1.82) is 0 Å². The summed E-state index contributed by atoms with van der Waals surface area (Å²) in [5.41, 5.74) is 2.19. The Balaban J connectivity index is 2.91. The summed E-state index contributed by atoms with van der Waals surface area (Å²) in [4.78, 5) is 0. The van der Waals surface area contributed by atoms with Crippen molar-refractivity contribution in [1.82, 2.24) is 0 Å². The van der Waals surface area contributed by atoms with Crippen LogP contribution in [-0.4, -0.2) is 5.11 Å². The van der Waals surface area contributed by atoms with Crippen molar-refractivity contribution in [3.63, 3.8) is 0 Å². The fourth-order valence-electron chi connectivity index (χ4n) is 0.892. The number of phenols is 1. The predicted octanol–water partition coefficient (Wildman–Crippen LogP) is 2.98. The Morgan fingerprint density at radius 3 is 2.42 bits per heavy atom. The van der Waals surface area contributed by atoms with Gasteiger partial charge in [0.15, 0.2) is 0 Å². The quantitative estimate of drug-likeness (QED) is 0.659. The summed E-state index contributed by atoms with van der Waals surface area (Å²) in [7, 11) is 0. The van der Waals surface area contributed by atoms with Gasteiger partial charge in [-0.3, -0.25) is 0 Å². The summed E-state index contributed by atoms with van der Waals surface area (Å²) < 4.78 is 0. The van der Waals surface area contributed by atoms with Crippen molar-refractivity contribution >= 4 is 6.08 Å². The Labute approximate surface area is 72.7 Å². The predicted molar refractivity (Wildman–Crippen MR) is 52.0 cm³/mol. The van der Waals surface area contributed by atoms with E-state index in [1.165, 1.54) is 0 Å². The molecule has 0 saturated heterocycles. The van der Waals surface area contributed by atoms with Crippen molar-refractivity contribution < 1.29 is 5.11 Å². The van der Waals surface area contributed by atoms with Gasteiger partial charge in [-0.1, -0.05) is 36.4 Å². The summed E-state index contributed by atoms with van der Waals surface area (Å²) in [6, 6.07) is 7.06. The van der Waals surface area contributed by atoms with Crippen molar-refractivity contribution in [2.75, 3.05) is 0 Å². The van der Waals surface area contributed by atoms with E-state index in [-0.39, 0.29) is 0 Å². The molecule has 1 N–H and O–H groups in total. The number of hydrogen-bond acceptors (Lipinski definition) is 1. The second kappa shape index (κ2) is 3.77. The highest BCUT2D eigenvalue weighted by molar-refractivity contribution is 5.55. The third-order valence-electron chi connectivity index (χ3n) is 1.61. The first-order valence-electron chi connectivity index (χ1n) is 3.82. The Hall–Kier alpha value is -1.50. The van der Waals surface area contributed by atoms with Gasteiger partial charge in [0.2, 0.25) is 0 Å². The average molecular weight is 160 g/mol. The Morgan fingerprint density at radius 2 is 1.92 bits per heavy atom. The number of benzene rings is 1. The highest BCUT2D eigenvalue weighted by atomic mass is 16.3. The van der Waals surface area contributed by atoms with E-state index in [0.29, 0.717) is 5.75 Å². The molecule has 12 heavy (non-hydrogen) atoms. The van der Waals surface area contributed by atoms with Crippen LogP contribution in [0, 0.1) is 0 Å². The van der Waals surface area contributed by atoms with E-state index in [9.17, 15) is 0 Å². The molecule has 1 rings (SSSR count). The molecule has 0 unspecified atom stereocenters. The van der Waals surface area contributed by atoms with Crippen LogP contribution in [0.15, 0.2) is 42.5 Å². The fraction of sp³-hybridized carbons (Fsp3) is 0.0909. The zero-order valence-corrected chi connectivity index (χ0v) is 7.12. The van der Waals surface area contributed by atoms with Gasteiger partial charge in [-0.25, -0.2) is 0 Å². The zero-order chi connectivity index (χ0) is 8.97. The minimum atomic E-state index is 0.295. The van der Waals surface area contributed by atoms with Crippen molar-refractivity contribution in [3.8, 4) is 5.75 Å². The molecule has 0 aromatic heterocycles. The maximum Gasteiger partial charge on any atom is 0.115 e. The Bertz CT molecular complexity index is 293. The molecule has 0 heterocycles. The van der Waals surface area contributed by atoms with E-state index in [2.05, 4.69) is 6.58 Å². The molecule has 1 aromatic carbocycles. The molecular weight excluding hydrogens is 148 g/mol. The lowest BCUT2D eigenvalue weighted by molar-refractivity contribution is 0.475. The molecule has 1 nitrogen and oxygen atoms in total. The van der Waals surface area contributed by atoms with Crippen molar-refractivity contribution in [3.05, 3.63) is 48.1 Å². The molecule has 0 fully saturated rings. The SMILES string of the molecule is C=CC(C)=Cc1ccc(O)cc1. The molecule has 0 atom stereocenters. The second-order valence-corrected chi connectivity index (χ2v) is 2.68. The minimum Gasteiger partial charge on any atom is -0.508 e. The molecule has 62 valence electrons. The first-order valence-corrected chi connectivity index (χ1v) is 3.82. The van der Waals surface area contributed by atoms with E-state index in [1.807, 2.05) is 25.1 Å². The standard InChI is InChI=1S/C11H12O/c1-3-9(2)8-10-4-6-11(12)7-5-10/h3-8,12H,1H2,2H3. The summed E-state index contributed by atoms with van der Waals surface area (Å²) in [5.74, 6) is 0.295. The topological polar surface area (TPSA) is 20.2 Å². The maximum atomic E-state index is 9.01. The van der Waals surface area contributed by atoms with Crippen molar-refractivity contribution in [2.45, 2.75) is 6.92 Å². The van der Waals surface area contributed by atoms with E-state index >= 15 is 0 Å². The molecule has 0 amide bonds. The number of phenolic OH excluding ortho intramolecular Hbond substituents is 1. The maximum absolute atomic E-state index is 9.01. The number of allylic oxidation sites excluding steroid dienone is 2. The van der Waals surface area contributed by atoms with Gasteiger partial charge in [-0.05, 0) is 24.6 Å². The largest absolute Gasteiger partial charge is 0.508 e. The highest BCUT2D eigenvalue weighted by Gasteiger charge is 1.88. The smallest absolute Gasteiger partial charge is 0.115 e. The lowest BCUT2D eigenvalue weighted by Crippen LogP contribution is -1.72. The van der Waals surface area contributed by atoms with Crippen LogP contribution >= 0.6 is 0 Å². The van der Waals surface area contributed by atoms with E-state index < -0.39 is 0 Å². The Kier molecular flexibility index (Phi) is 2.70. The Morgan fingerprint density at radius 1 is 1.33 bits per heavy atom. The molecule has 0 aliphatic heterocycles. The minimum absolute atomic E-state index is 0.295. The summed E-state index contributed by atoms with van der Waals surface area (Å²) >= 11 is 0. The fourth-order valence-corrected chi connectivity index (χ4v) is 0.892. The van der Waals surface area contributed by atoms with Crippen LogP contribution in [0.5, 0.6) is 5.75 Å². The van der Waals surface area contributed by atoms with Gasteiger partial charge < -0.3 is 5.11 Å². The van der Waals surface area contributed by atoms with Crippen LogP contribution in [-0.2, 0) is 0 Å². The molecular formula is C11H12O. The van der Waals surface area contributed by atoms with E-state index in [4.69, 9.17) is 5.11 Å². The second-order valence-electron chi connectivity index (χ2n) is 2.68. The number of hydrogen-bond donors (Lipinski definition) is 1. The summed E-state index contributed by atoms with van der Waals surface area (Å²) in [5, 5.41) is 9.01. The number of aromatic hydroxyl groups is 1. The van der Waals surface area contributed by atoms with Crippen molar-refractivity contribution in [2.24, 2.45) is 0 Å². The normalized spacial score (nSPS) is 11.2. The van der Waals surface area contributed by atoms with Crippen LogP contribution in [0.3, 0.4) is 0 Å². The van der Waals surface area contributed by atoms with E-state index in [0.717, 1.165) is 11.1 Å². The zero-order valence-electron chi connectivity index (χ0n) is 7.12. The third-order valence-corrected chi connectivity index (χ3v) is 1.61. The molecule has 1 aromatic rings. The van der Waals surface area contributed by atoms with Crippen LogP contribution in [0.4, 0.5) is 0 Å². The first-order chi connectivity index (χ1) is 5.72. The van der Waals surface area contributed by atoms with Gasteiger partial charge >= 0.3 is 0 Å². The van der Waals surface area contributed by atoms with Gasteiger partial charge in [0.1, 0.15) is 5.75 Å². The first kappa shape index (κ1) is 8.60. The molecule has 0 spiro atoms. The van der Waals surface area contributed by atoms with Crippen LogP contribution in [0.1, 0.15) is 12.5 Å². The average Bonchev–Trinajstić information content (AvgIpc) is 2.09.